The van der Waals surface area contributed by atoms with Crippen LogP contribution in [0.15, 0.2) is 48.6 Å². The van der Waals surface area contributed by atoms with Gasteiger partial charge in [0.2, 0.25) is 0 Å². The van der Waals surface area contributed by atoms with Crippen molar-refractivity contribution in [1.29, 1.82) is 0 Å². The van der Waals surface area contributed by atoms with Gasteiger partial charge in [0.15, 0.2) is 18.5 Å². The topological polar surface area (TPSA) is 169 Å². The Morgan fingerprint density at radius 3 is 1.86 bits per heavy atom. The van der Waals surface area contributed by atoms with Gasteiger partial charge in [-0.2, -0.15) is 0 Å². The van der Waals surface area contributed by atoms with Gasteiger partial charge in [-0.15, -0.1) is 0 Å². The third kappa shape index (κ3) is 21.8. The normalized spacial score (nSPS) is 22.0. The van der Waals surface area contributed by atoms with Gasteiger partial charge in [-0.3, -0.25) is 9.59 Å². The molecule has 0 saturated carbocycles. The first-order valence-corrected chi connectivity index (χ1v) is 18.2. The fraction of sp³-hybridized carbons (Fsp3) is 0.711. The zero-order chi connectivity index (χ0) is 36.1. The van der Waals surface area contributed by atoms with Gasteiger partial charge in [-0.05, 0) is 64.2 Å². The van der Waals surface area contributed by atoms with E-state index >= 15 is 0 Å². The summed E-state index contributed by atoms with van der Waals surface area (Å²) in [6.45, 7) is 3.55. The number of carboxylic acids is 1. The van der Waals surface area contributed by atoms with E-state index in [1.165, 1.54) is 0 Å². The van der Waals surface area contributed by atoms with Crippen LogP contribution in [0.25, 0.3) is 0 Å². The van der Waals surface area contributed by atoms with Crippen LogP contribution < -0.4 is 0 Å². The number of esters is 2. The lowest BCUT2D eigenvalue weighted by Crippen LogP contribution is -2.60. The highest BCUT2D eigenvalue weighted by atomic mass is 16.7. The molecular weight excluding hydrogens is 632 g/mol. The van der Waals surface area contributed by atoms with Gasteiger partial charge >= 0.3 is 17.9 Å². The molecule has 11 nitrogen and oxygen atoms in total. The number of aliphatic hydroxyl groups excluding tert-OH is 3. The van der Waals surface area contributed by atoms with E-state index in [0.29, 0.717) is 12.8 Å². The molecule has 1 rings (SSSR count). The summed E-state index contributed by atoms with van der Waals surface area (Å²) in [6, 6.07) is 0. The lowest BCUT2D eigenvalue weighted by atomic mass is 9.99. The van der Waals surface area contributed by atoms with Crippen LogP contribution in [0, 0.1) is 0 Å². The number of rotatable bonds is 28. The lowest BCUT2D eigenvalue weighted by molar-refractivity contribution is -0.298. The number of allylic oxidation sites excluding steroid dienone is 8. The van der Waals surface area contributed by atoms with Gasteiger partial charge in [-0.1, -0.05) is 94.6 Å². The highest BCUT2D eigenvalue weighted by Gasteiger charge is 2.47. The quantitative estimate of drug-likeness (QED) is 0.0415. The molecule has 1 aliphatic rings. The molecule has 0 radical (unpaired) electrons. The standard InChI is InChI=1S/C38H62O11/c1-3-5-7-9-11-13-15-16-17-19-20-22-24-26-31(39)46-28-30(29-47-38-35(43)33(41)34(42)36(49-38)37(44)45)48-32(40)27-25-23-21-18-14-12-10-8-6-4-2/h5,7-8,10-11,13,16-17,30,33-36,38,41-43H,3-4,6,9,12,14-15,18-29H2,1-2H3,(H,44,45)/b7-5-,10-8-,13-11-,17-16-. The Bertz CT molecular complexity index is 1010. The number of unbranched alkanes of at least 4 members (excludes halogenated alkanes) is 9. The van der Waals surface area contributed by atoms with Crippen LogP contribution >= 0.6 is 0 Å². The average molecular weight is 695 g/mol. The van der Waals surface area contributed by atoms with Crippen LogP contribution in [-0.2, 0) is 33.3 Å². The van der Waals surface area contributed by atoms with Crippen LogP contribution in [0.2, 0.25) is 0 Å². The largest absolute Gasteiger partial charge is 0.479 e. The summed E-state index contributed by atoms with van der Waals surface area (Å²) in [5.41, 5.74) is 0. The zero-order valence-corrected chi connectivity index (χ0v) is 29.7. The van der Waals surface area contributed by atoms with Crippen molar-refractivity contribution in [3.05, 3.63) is 48.6 Å². The Morgan fingerprint density at radius 2 is 1.20 bits per heavy atom. The minimum atomic E-state index is -1.87. The Kier molecular flexibility index (Phi) is 26.1. The molecule has 49 heavy (non-hydrogen) atoms. The van der Waals surface area contributed by atoms with Crippen LogP contribution in [0.3, 0.4) is 0 Å². The van der Waals surface area contributed by atoms with Gasteiger partial charge < -0.3 is 39.4 Å². The molecule has 0 bridgehead atoms. The van der Waals surface area contributed by atoms with Crippen molar-refractivity contribution in [2.45, 2.75) is 160 Å². The molecule has 280 valence electrons. The highest BCUT2D eigenvalue weighted by molar-refractivity contribution is 5.73. The first-order valence-electron chi connectivity index (χ1n) is 18.2. The second-order valence-electron chi connectivity index (χ2n) is 12.3. The Hall–Kier alpha value is -2.83. The van der Waals surface area contributed by atoms with Crippen molar-refractivity contribution >= 4 is 17.9 Å². The molecule has 0 spiro atoms. The second kappa shape index (κ2) is 29.0. The summed E-state index contributed by atoms with van der Waals surface area (Å²) >= 11 is 0. The highest BCUT2D eigenvalue weighted by Crippen LogP contribution is 2.23. The summed E-state index contributed by atoms with van der Waals surface area (Å²) in [5, 5.41) is 39.5. The van der Waals surface area contributed by atoms with E-state index in [0.717, 1.165) is 83.5 Å². The van der Waals surface area contributed by atoms with E-state index in [-0.39, 0.29) is 19.4 Å². The van der Waals surface area contributed by atoms with Crippen molar-refractivity contribution in [3.63, 3.8) is 0 Å². The predicted molar refractivity (Wildman–Crippen MR) is 188 cm³/mol. The number of aliphatic carboxylic acids is 1. The first kappa shape index (κ1) is 44.2. The first-order chi connectivity index (χ1) is 23.7. The van der Waals surface area contributed by atoms with Gasteiger partial charge in [0, 0.05) is 12.8 Å². The van der Waals surface area contributed by atoms with Crippen LogP contribution in [-0.4, -0.2) is 88.4 Å². The molecule has 1 aliphatic heterocycles. The summed E-state index contributed by atoms with van der Waals surface area (Å²) in [7, 11) is 0. The molecule has 1 saturated heterocycles. The summed E-state index contributed by atoms with van der Waals surface area (Å²) in [5.74, 6) is -2.51. The molecule has 0 aromatic rings. The summed E-state index contributed by atoms with van der Waals surface area (Å²) in [4.78, 5) is 36.5. The molecule has 11 heteroatoms. The van der Waals surface area contributed by atoms with Crippen molar-refractivity contribution in [3.8, 4) is 0 Å². The van der Waals surface area contributed by atoms with Crippen molar-refractivity contribution in [2.24, 2.45) is 0 Å². The number of carboxylic acid groups (broad SMARTS) is 1. The van der Waals surface area contributed by atoms with Gasteiger partial charge in [0.1, 0.15) is 24.9 Å². The number of carbonyl (C=O) groups is 3. The monoisotopic (exact) mass is 694 g/mol. The molecule has 6 atom stereocenters. The van der Waals surface area contributed by atoms with E-state index in [1.807, 2.05) is 0 Å². The van der Waals surface area contributed by atoms with E-state index in [1.54, 1.807) is 0 Å². The average Bonchev–Trinajstić information content (AvgIpc) is 3.08. The molecule has 0 aliphatic carbocycles. The maximum atomic E-state index is 12.6. The maximum absolute atomic E-state index is 12.6. The molecule has 4 N–H and O–H groups in total. The smallest absolute Gasteiger partial charge is 0.335 e. The summed E-state index contributed by atoms with van der Waals surface area (Å²) in [6.07, 6.45) is 21.9. The zero-order valence-electron chi connectivity index (χ0n) is 29.7. The number of aliphatic hydroxyl groups is 3. The third-order valence-electron chi connectivity index (χ3n) is 7.89. The van der Waals surface area contributed by atoms with E-state index in [9.17, 15) is 34.8 Å². The van der Waals surface area contributed by atoms with Crippen molar-refractivity contribution in [2.75, 3.05) is 13.2 Å². The summed E-state index contributed by atoms with van der Waals surface area (Å²) < 4.78 is 21.5. The SMILES string of the molecule is CC/C=C\C/C=C\C/C=C\CCCCCC(=O)OCC(COC1OC(C(=O)O)C(O)C(O)C1O)OC(=O)CCCCCCC/C=C\CCC. The van der Waals surface area contributed by atoms with Crippen LogP contribution in [0.4, 0.5) is 0 Å². The number of hydrogen-bond donors (Lipinski definition) is 4. The Labute approximate surface area is 293 Å². The lowest BCUT2D eigenvalue weighted by Gasteiger charge is -2.38. The number of ether oxygens (including phenoxy) is 4. The van der Waals surface area contributed by atoms with E-state index in [2.05, 4.69) is 62.5 Å². The fourth-order valence-corrected chi connectivity index (χ4v) is 5.01. The van der Waals surface area contributed by atoms with Crippen LogP contribution in [0.1, 0.15) is 123 Å². The molecule has 0 aromatic carbocycles. The minimum absolute atomic E-state index is 0.163. The molecule has 1 fully saturated rings. The Balaban J connectivity index is 2.50. The van der Waals surface area contributed by atoms with Gasteiger partial charge in [-0.25, -0.2) is 4.79 Å². The minimum Gasteiger partial charge on any atom is -0.479 e. The van der Waals surface area contributed by atoms with Gasteiger partial charge in [0.05, 0.1) is 6.61 Å². The van der Waals surface area contributed by atoms with E-state index in [4.69, 9.17) is 18.9 Å². The Morgan fingerprint density at radius 1 is 0.653 bits per heavy atom. The molecule has 6 unspecified atom stereocenters. The van der Waals surface area contributed by atoms with Gasteiger partial charge in [0.25, 0.3) is 0 Å². The van der Waals surface area contributed by atoms with Crippen molar-refractivity contribution < 1.29 is 53.8 Å². The third-order valence-corrected chi connectivity index (χ3v) is 7.89. The molecule has 0 aromatic heterocycles. The molecule has 1 heterocycles. The van der Waals surface area contributed by atoms with E-state index < -0.39 is 61.3 Å². The van der Waals surface area contributed by atoms with Crippen molar-refractivity contribution in [1.82, 2.24) is 0 Å². The molecular formula is C38H62O11. The number of hydrogen-bond acceptors (Lipinski definition) is 10. The molecule has 0 amide bonds. The van der Waals surface area contributed by atoms with Crippen LogP contribution in [0.5, 0.6) is 0 Å². The predicted octanol–water partition coefficient (Wildman–Crippen LogP) is 6.25. The maximum Gasteiger partial charge on any atom is 0.335 e. The number of carbonyl (C=O) groups excluding carboxylic acids is 2. The second-order valence-corrected chi connectivity index (χ2v) is 12.3. The fourth-order valence-electron chi connectivity index (χ4n) is 5.01.